The minimum Gasteiger partial charge on any atom is -0.307 e. The molecule has 1 spiro atoms. The fourth-order valence-electron chi connectivity index (χ4n) is 5.53. The van der Waals surface area contributed by atoms with Crippen LogP contribution < -0.4 is 4.90 Å². The van der Waals surface area contributed by atoms with E-state index in [0.29, 0.717) is 0 Å². The topological polar surface area (TPSA) is 23.6 Å². The van der Waals surface area contributed by atoms with Gasteiger partial charge in [-0.3, -0.25) is 9.69 Å². The summed E-state index contributed by atoms with van der Waals surface area (Å²) >= 11 is 0. The highest BCUT2D eigenvalue weighted by Gasteiger charge is 2.46. The lowest BCUT2D eigenvalue weighted by molar-refractivity contribution is 0.0975. The average Bonchev–Trinajstić information content (AvgIpc) is 3.08. The molecule has 3 nitrogen and oxygen atoms in total. The quantitative estimate of drug-likeness (QED) is 0.530. The molecule has 0 saturated carbocycles. The lowest BCUT2D eigenvalue weighted by Crippen LogP contribution is -2.45. The van der Waals surface area contributed by atoms with E-state index in [2.05, 4.69) is 61.2 Å². The Hall–Kier alpha value is -2.91. The monoisotopic (exact) mass is 424 g/mol. The fourth-order valence-corrected chi connectivity index (χ4v) is 5.53. The number of carbonyl (C=O) groups excluding carboxylic acids is 1. The van der Waals surface area contributed by atoms with E-state index in [9.17, 15) is 4.79 Å². The smallest absolute Gasteiger partial charge is 0.258 e. The summed E-state index contributed by atoms with van der Waals surface area (Å²) in [5, 5.41) is 0. The minimum absolute atomic E-state index is 0.0595. The maximum Gasteiger partial charge on any atom is 0.258 e. The summed E-state index contributed by atoms with van der Waals surface area (Å²) in [6.45, 7) is 10.3. The summed E-state index contributed by atoms with van der Waals surface area (Å²) in [5.74, 6) is 0.123. The number of hydrogen-bond donors (Lipinski definition) is 0. The van der Waals surface area contributed by atoms with Crippen molar-refractivity contribution in [1.82, 2.24) is 4.90 Å². The Bertz CT molecular complexity index is 1160. The number of likely N-dealkylation sites (tertiary alicyclic amines) is 1. The van der Waals surface area contributed by atoms with E-state index < -0.39 is 0 Å². The number of hydrogen-bond acceptors (Lipinski definition) is 2. The maximum absolute atomic E-state index is 13.5. The Labute approximate surface area is 191 Å². The van der Waals surface area contributed by atoms with Crippen LogP contribution in [0.4, 0.5) is 5.69 Å². The molecule has 164 valence electrons. The molecule has 3 aromatic rings. The number of anilines is 1. The van der Waals surface area contributed by atoms with Gasteiger partial charge in [0, 0.05) is 29.8 Å². The molecule has 0 aliphatic carbocycles. The van der Waals surface area contributed by atoms with Crippen LogP contribution in [0.3, 0.4) is 0 Å². The molecule has 0 aromatic heterocycles. The van der Waals surface area contributed by atoms with Gasteiger partial charge in [0.05, 0.1) is 0 Å². The van der Waals surface area contributed by atoms with Gasteiger partial charge in [0.2, 0.25) is 0 Å². The molecular formula is C29H32N2O. The van der Waals surface area contributed by atoms with Gasteiger partial charge in [0.15, 0.2) is 0 Å². The van der Waals surface area contributed by atoms with E-state index in [1.807, 2.05) is 36.1 Å². The van der Waals surface area contributed by atoms with E-state index in [4.69, 9.17) is 0 Å². The third kappa shape index (κ3) is 3.86. The molecule has 0 N–H and O–H groups in total. The first-order chi connectivity index (χ1) is 15.4. The highest BCUT2D eigenvalue weighted by atomic mass is 16.2. The molecule has 1 fully saturated rings. The zero-order valence-corrected chi connectivity index (χ0v) is 19.4. The van der Waals surface area contributed by atoms with Gasteiger partial charge in [-0.2, -0.15) is 0 Å². The van der Waals surface area contributed by atoms with E-state index in [1.54, 1.807) is 0 Å². The van der Waals surface area contributed by atoms with Gasteiger partial charge in [-0.05, 0) is 76.0 Å². The van der Waals surface area contributed by atoms with Gasteiger partial charge >= 0.3 is 0 Å². The van der Waals surface area contributed by atoms with Gasteiger partial charge in [-0.1, -0.05) is 65.2 Å². The van der Waals surface area contributed by atoms with Crippen molar-refractivity contribution in [3.63, 3.8) is 0 Å². The lowest BCUT2D eigenvalue weighted by Gasteiger charge is -2.40. The van der Waals surface area contributed by atoms with E-state index in [1.165, 1.54) is 22.3 Å². The van der Waals surface area contributed by atoms with Gasteiger partial charge in [-0.25, -0.2) is 0 Å². The predicted octanol–water partition coefficient (Wildman–Crippen LogP) is 5.81. The molecule has 3 heteroatoms. The summed E-state index contributed by atoms with van der Waals surface area (Å²) in [6.07, 6.45) is 2.18. The molecular weight excluding hydrogens is 392 g/mol. The van der Waals surface area contributed by atoms with Crippen LogP contribution in [0.25, 0.3) is 0 Å². The fraction of sp³-hybridized carbons (Fsp3) is 0.345. The van der Waals surface area contributed by atoms with Crippen molar-refractivity contribution in [2.75, 3.05) is 24.5 Å². The molecule has 3 aromatic carbocycles. The molecule has 2 aliphatic rings. The molecule has 1 amide bonds. The number of benzene rings is 3. The zero-order chi connectivity index (χ0) is 22.3. The lowest BCUT2D eigenvalue weighted by atomic mass is 9.74. The molecule has 2 aliphatic heterocycles. The van der Waals surface area contributed by atoms with E-state index in [0.717, 1.165) is 55.8 Å². The second-order valence-electron chi connectivity index (χ2n) is 9.83. The van der Waals surface area contributed by atoms with Gasteiger partial charge in [0.25, 0.3) is 5.91 Å². The summed E-state index contributed by atoms with van der Waals surface area (Å²) in [7, 11) is 0. The van der Waals surface area contributed by atoms with Crippen LogP contribution in [0.5, 0.6) is 0 Å². The first kappa shape index (κ1) is 21.0. The Balaban J connectivity index is 1.39. The number of rotatable bonds is 3. The molecule has 5 rings (SSSR count). The van der Waals surface area contributed by atoms with Crippen molar-refractivity contribution >= 4 is 11.6 Å². The zero-order valence-electron chi connectivity index (χ0n) is 19.4. The van der Waals surface area contributed by atoms with Crippen molar-refractivity contribution < 1.29 is 4.79 Å². The number of piperidine rings is 1. The SMILES string of the molecule is Cc1cccc(CN2CCC3(CC2)CN(C(=O)c2cccc(C)c2)c2ccc(C)cc23)c1. The van der Waals surface area contributed by atoms with Crippen molar-refractivity contribution in [3.05, 3.63) is 100 Å². The molecule has 0 atom stereocenters. The number of carbonyl (C=O) groups is 1. The van der Waals surface area contributed by atoms with Crippen molar-refractivity contribution in [2.45, 2.75) is 45.6 Å². The van der Waals surface area contributed by atoms with E-state index >= 15 is 0 Å². The Morgan fingerprint density at radius 2 is 1.53 bits per heavy atom. The third-order valence-electron chi connectivity index (χ3n) is 7.29. The number of aryl methyl sites for hydroxylation is 3. The molecule has 0 unspecified atom stereocenters. The number of amides is 1. The molecule has 2 heterocycles. The van der Waals surface area contributed by atoms with Gasteiger partial charge in [0.1, 0.15) is 0 Å². The summed E-state index contributed by atoms with van der Waals surface area (Å²) < 4.78 is 0. The predicted molar refractivity (Wildman–Crippen MR) is 131 cm³/mol. The summed E-state index contributed by atoms with van der Waals surface area (Å²) in [5.41, 5.74) is 8.42. The van der Waals surface area contributed by atoms with Crippen molar-refractivity contribution in [2.24, 2.45) is 0 Å². The standard InChI is InChI=1S/C29H32N2O/c1-21-6-4-8-24(16-21)19-30-14-12-29(13-15-30)20-31(27-11-10-23(3)18-26(27)29)28(32)25-9-5-7-22(2)17-25/h4-11,16-18H,12-15,19-20H2,1-3H3. The van der Waals surface area contributed by atoms with Crippen molar-refractivity contribution in [1.29, 1.82) is 0 Å². The first-order valence-corrected chi connectivity index (χ1v) is 11.7. The van der Waals surface area contributed by atoms with Crippen LogP contribution in [-0.4, -0.2) is 30.4 Å². The Kier molecular flexibility index (Phi) is 5.38. The Morgan fingerprint density at radius 3 is 2.25 bits per heavy atom. The van der Waals surface area contributed by atoms with Crippen LogP contribution in [0, 0.1) is 20.8 Å². The second kappa shape index (κ2) is 8.22. The van der Waals surface area contributed by atoms with Gasteiger partial charge < -0.3 is 4.90 Å². The van der Waals surface area contributed by atoms with Gasteiger partial charge in [-0.15, -0.1) is 0 Å². The van der Waals surface area contributed by atoms with Crippen molar-refractivity contribution in [3.8, 4) is 0 Å². The van der Waals surface area contributed by atoms with Crippen LogP contribution in [0.2, 0.25) is 0 Å². The van der Waals surface area contributed by atoms with Crippen LogP contribution in [0.1, 0.15) is 51.0 Å². The normalized spacial score (nSPS) is 17.5. The average molecular weight is 425 g/mol. The largest absolute Gasteiger partial charge is 0.307 e. The number of nitrogens with zero attached hydrogens (tertiary/aromatic N) is 2. The summed E-state index contributed by atoms with van der Waals surface area (Å²) in [4.78, 5) is 18.1. The molecule has 1 saturated heterocycles. The van der Waals surface area contributed by atoms with Crippen LogP contribution in [0.15, 0.2) is 66.7 Å². The maximum atomic E-state index is 13.5. The second-order valence-corrected chi connectivity index (χ2v) is 9.83. The summed E-state index contributed by atoms with van der Waals surface area (Å²) in [6, 6.07) is 23.4. The first-order valence-electron chi connectivity index (χ1n) is 11.7. The molecule has 0 radical (unpaired) electrons. The van der Waals surface area contributed by atoms with Crippen LogP contribution in [-0.2, 0) is 12.0 Å². The minimum atomic E-state index is 0.0595. The highest BCUT2D eigenvalue weighted by Crippen LogP contribution is 2.48. The molecule has 0 bridgehead atoms. The highest BCUT2D eigenvalue weighted by molar-refractivity contribution is 6.07. The van der Waals surface area contributed by atoms with E-state index in [-0.39, 0.29) is 11.3 Å². The third-order valence-corrected chi connectivity index (χ3v) is 7.29. The van der Waals surface area contributed by atoms with Crippen LogP contribution >= 0.6 is 0 Å². The molecule has 32 heavy (non-hydrogen) atoms. The Morgan fingerprint density at radius 1 is 0.844 bits per heavy atom. The number of fused-ring (bicyclic) bond motifs is 2.